The molecule has 0 saturated carbocycles. The van der Waals surface area contributed by atoms with E-state index in [4.69, 9.17) is 16.2 Å². The lowest BCUT2D eigenvalue weighted by Crippen LogP contribution is -2.49. The number of ketones is 3. The lowest BCUT2D eigenvalue weighted by molar-refractivity contribution is -0.148. The number of ether oxygens (including phenoxy) is 1. The number of imide groups is 3. The Bertz CT molecular complexity index is 3170. The van der Waals surface area contributed by atoms with E-state index in [1.807, 2.05) is 24.3 Å². The lowest BCUT2D eigenvalue weighted by atomic mass is 9.89. The van der Waals surface area contributed by atoms with E-state index in [-0.39, 0.29) is 111 Å². The third-order valence-corrected chi connectivity index (χ3v) is 14.8. The van der Waals surface area contributed by atoms with Crippen LogP contribution in [0.2, 0.25) is 0 Å². The summed E-state index contributed by atoms with van der Waals surface area (Å²) in [6.45, 7) is 18.0. The van der Waals surface area contributed by atoms with Crippen molar-refractivity contribution >= 4 is 106 Å². The quantitative estimate of drug-likeness (QED) is 0.0276. The fourth-order valence-electron chi connectivity index (χ4n) is 9.50. The highest BCUT2D eigenvalue weighted by Crippen LogP contribution is 2.23. The number of Topliss-reactive ketones (excluding diaryl/α,β-unsaturated/α-hetero) is 3. The van der Waals surface area contributed by atoms with Crippen LogP contribution in [-0.4, -0.2) is 154 Å². The van der Waals surface area contributed by atoms with Crippen molar-refractivity contribution in [2.45, 2.75) is 139 Å². The molecular formula is C67H91N11O17. The van der Waals surface area contributed by atoms with Crippen LogP contribution in [0.4, 0.5) is 21.0 Å². The summed E-state index contributed by atoms with van der Waals surface area (Å²) in [5.74, 6) is -8.20. The van der Waals surface area contributed by atoms with Crippen molar-refractivity contribution < 1.29 is 81.4 Å². The largest absolute Gasteiger partial charge is 0.461 e. The number of rotatable bonds is 35. The molecule has 516 valence electrons. The Morgan fingerprint density at radius 2 is 0.821 bits per heavy atom. The molecule has 3 aliphatic rings. The molecular weight excluding hydrogens is 1230 g/mol. The maximum absolute atomic E-state index is 13.3. The van der Waals surface area contributed by atoms with E-state index >= 15 is 0 Å². The molecule has 3 heterocycles. The van der Waals surface area contributed by atoms with Crippen LogP contribution >= 0.6 is 0 Å². The van der Waals surface area contributed by atoms with Crippen LogP contribution in [0.25, 0.3) is 0 Å². The number of nitrogens with one attached hydrogen (secondary N) is 6. The second kappa shape index (κ2) is 39.5. The summed E-state index contributed by atoms with van der Waals surface area (Å²) in [6.07, 6.45) is 8.83. The van der Waals surface area contributed by atoms with Gasteiger partial charge in [-0.2, -0.15) is 0 Å². The average molecular weight is 1320 g/mol. The first-order valence-corrected chi connectivity index (χ1v) is 31.5. The molecule has 0 spiro atoms. The van der Waals surface area contributed by atoms with Gasteiger partial charge >= 0.3 is 18.0 Å². The highest BCUT2D eigenvalue weighted by molar-refractivity contribution is 6.15. The molecule has 5 rings (SSSR count). The van der Waals surface area contributed by atoms with Crippen molar-refractivity contribution in [1.82, 2.24) is 36.0 Å². The zero-order valence-corrected chi connectivity index (χ0v) is 55.6. The molecule has 28 nitrogen and oxygen atoms in total. The Kier molecular flexibility index (Phi) is 32.9. The van der Waals surface area contributed by atoms with Crippen molar-refractivity contribution in [2.24, 2.45) is 52.9 Å². The Morgan fingerprint density at radius 3 is 1.15 bits per heavy atom. The van der Waals surface area contributed by atoms with Crippen molar-refractivity contribution in [3.63, 3.8) is 0 Å². The molecule has 0 radical (unpaired) electrons. The Labute approximate surface area is 552 Å². The average Bonchev–Trinajstić information content (AvgIpc) is 1.82. The Balaban J connectivity index is 0.000000412. The van der Waals surface area contributed by atoms with E-state index in [2.05, 4.69) is 45.7 Å². The van der Waals surface area contributed by atoms with Gasteiger partial charge < -0.3 is 48.1 Å². The second-order valence-electron chi connectivity index (χ2n) is 24.6. The molecule has 0 aromatic heterocycles. The summed E-state index contributed by atoms with van der Waals surface area (Å²) in [5.41, 5.74) is 13.2. The van der Waals surface area contributed by atoms with E-state index < -0.39 is 96.2 Å². The molecule has 0 aliphatic carbocycles. The SMILES string of the molecule is CC(C)C(=O)CCN1C(=O)C=CC1=O.CC(C)C(=O)OCc1ccc(NC(=O)[C@H](CCCNC(N)=O)CC(=O)[C@H](NC(=O)CN2C(=O)C=CC2=O)C(C)C)cc1.CC(C)Cc1ccc(NC(=O)[C@H](CCCNC(N)=O)CC(=O)[C@H](NC(=O)CN2C(=O)C=CC2=O)C(C)C)cc1. The number of hydrogen-bond donors (Lipinski definition) is 8. The summed E-state index contributed by atoms with van der Waals surface area (Å²) < 4.78 is 5.21. The summed E-state index contributed by atoms with van der Waals surface area (Å²) in [4.78, 5) is 195. The number of anilines is 2. The number of carbonyl (C=O) groups excluding carboxylic acids is 16. The fourth-order valence-corrected chi connectivity index (χ4v) is 9.50. The van der Waals surface area contributed by atoms with Gasteiger partial charge in [0.05, 0.1) is 18.0 Å². The molecule has 95 heavy (non-hydrogen) atoms. The second-order valence-corrected chi connectivity index (χ2v) is 24.6. The number of nitrogens with two attached hydrogens (primary N) is 2. The standard InChI is InChI=1S/C29H39N5O8.C28H39N5O6.C10H13NO3/c1-17(2)26(33-23(36)15-34-24(37)11-12-25(34)38)22(35)14-20(6-5-13-31-29(30)41)27(39)32-21-9-7-19(8-10-21)16-42-28(40)18(3)4;1-17(2)14-19-7-9-21(10-8-19)31-27(38)20(6-5-13-30-28(29)39)15-22(34)26(18(3)4)32-23(35)16-33-24(36)11-12-25(33)37;1-7(2)8(12)5-6-11-9(13)3-4-10(11)14/h7-12,17-18,20,26H,5-6,13-16H2,1-4H3,(H,32,39)(H,33,36)(H3,30,31,41);7-12,17-18,20,26H,5-6,13-16H2,1-4H3,(H,31,38)(H,32,35)(H3,29,30,39);3-4,7H,5-6H2,1-2H3/t2*20-,26-;/m11./s1. The van der Waals surface area contributed by atoms with Crippen LogP contribution < -0.4 is 43.4 Å². The minimum atomic E-state index is -0.967. The van der Waals surface area contributed by atoms with Gasteiger partial charge in [-0.25, -0.2) is 9.59 Å². The van der Waals surface area contributed by atoms with Crippen LogP contribution in [-0.2, 0) is 84.9 Å². The number of hydrogen-bond acceptors (Lipinski definition) is 17. The minimum absolute atomic E-state index is 0.0456. The van der Waals surface area contributed by atoms with E-state index in [9.17, 15) is 76.7 Å². The monoisotopic (exact) mass is 1320 g/mol. The molecule has 28 heteroatoms. The van der Waals surface area contributed by atoms with Gasteiger partial charge in [-0.1, -0.05) is 93.5 Å². The third kappa shape index (κ3) is 28.4. The Hall–Kier alpha value is -10.0. The number of benzene rings is 2. The normalized spacial score (nSPS) is 14.5. The first-order valence-electron chi connectivity index (χ1n) is 31.5. The van der Waals surface area contributed by atoms with Crippen LogP contribution in [0.15, 0.2) is 85.0 Å². The highest BCUT2D eigenvalue weighted by Gasteiger charge is 2.34. The molecule has 10 N–H and O–H groups in total. The van der Waals surface area contributed by atoms with Gasteiger partial charge in [-0.3, -0.25) is 81.8 Å². The van der Waals surface area contributed by atoms with Gasteiger partial charge in [0.25, 0.3) is 35.4 Å². The van der Waals surface area contributed by atoms with Crippen LogP contribution in [0, 0.1) is 41.4 Å². The van der Waals surface area contributed by atoms with Crippen molar-refractivity contribution in [3.8, 4) is 0 Å². The predicted octanol–water partition coefficient (Wildman–Crippen LogP) is 3.85. The molecule has 0 bridgehead atoms. The topological polar surface area (TPSA) is 416 Å². The molecule has 0 fully saturated rings. The van der Waals surface area contributed by atoms with Gasteiger partial charge in [0.2, 0.25) is 23.6 Å². The maximum Gasteiger partial charge on any atom is 0.312 e. The van der Waals surface area contributed by atoms with Gasteiger partial charge in [-0.15, -0.1) is 0 Å². The lowest BCUT2D eigenvalue weighted by Gasteiger charge is -2.25. The molecule has 3 aliphatic heterocycles. The van der Waals surface area contributed by atoms with E-state index in [1.165, 1.54) is 12.2 Å². The third-order valence-electron chi connectivity index (χ3n) is 14.8. The van der Waals surface area contributed by atoms with E-state index in [0.717, 1.165) is 56.6 Å². The fraction of sp³-hybridized carbons (Fsp3) is 0.493. The molecule has 14 amide bonds. The molecule has 4 atom stereocenters. The van der Waals surface area contributed by atoms with Gasteiger partial charge in [-0.05, 0) is 85.3 Å². The summed E-state index contributed by atoms with van der Waals surface area (Å²) in [7, 11) is 0. The van der Waals surface area contributed by atoms with Gasteiger partial charge in [0.15, 0.2) is 11.6 Å². The number of esters is 1. The number of primary amides is 2. The first kappa shape index (κ1) is 79.2. The van der Waals surface area contributed by atoms with E-state index in [1.54, 1.807) is 79.7 Å². The zero-order chi connectivity index (χ0) is 71.2. The number of amides is 14. The summed E-state index contributed by atoms with van der Waals surface area (Å²) in [6, 6.07) is 11.0. The summed E-state index contributed by atoms with van der Waals surface area (Å²) >= 11 is 0. The highest BCUT2D eigenvalue weighted by atomic mass is 16.5. The first-order chi connectivity index (χ1) is 44.7. The van der Waals surface area contributed by atoms with Crippen LogP contribution in [0.5, 0.6) is 0 Å². The molecule has 2 aromatic carbocycles. The minimum Gasteiger partial charge on any atom is -0.461 e. The number of urea groups is 2. The van der Waals surface area contributed by atoms with Crippen molar-refractivity contribution in [3.05, 3.63) is 96.1 Å². The number of nitrogens with zero attached hydrogens (tertiary/aromatic N) is 3. The Morgan fingerprint density at radius 1 is 0.463 bits per heavy atom. The zero-order valence-electron chi connectivity index (χ0n) is 55.6. The van der Waals surface area contributed by atoms with Crippen molar-refractivity contribution in [1.29, 1.82) is 0 Å². The predicted molar refractivity (Wildman–Crippen MR) is 349 cm³/mol. The van der Waals surface area contributed by atoms with Crippen molar-refractivity contribution in [2.75, 3.05) is 43.4 Å². The maximum atomic E-state index is 13.3. The smallest absolute Gasteiger partial charge is 0.312 e. The van der Waals surface area contributed by atoms with E-state index in [0.29, 0.717) is 36.6 Å². The number of carbonyl (C=O) groups is 16. The van der Waals surface area contributed by atoms with Crippen LogP contribution in [0.1, 0.15) is 125 Å². The molecule has 2 aromatic rings. The summed E-state index contributed by atoms with van der Waals surface area (Å²) in [5, 5.41) is 15.8. The molecule has 0 saturated heterocycles. The van der Waals surface area contributed by atoms with Gasteiger partial charge in [0.1, 0.15) is 25.5 Å². The molecule has 0 unspecified atom stereocenters. The van der Waals surface area contributed by atoms with Gasteiger partial charge in [0, 0.05) is 104 Å². The van der Waals surface area contributed by atoms with Crippen LogP contribution in [0.3, 0.4) is 0 Å².